The Hall–Kier alpha value is -2.86. The normalized spacial score (nSPS) is 10.4. The van der Waals surface area contributed by atoms with Crippen molar-refractivity contribution in [2.75, 3.05) is 18.6 Å². The molecule has 0 amide bonds. The minimum Gasteiger partial charge on any atom is -0.496 e. The number of para-hydroxylation sites is 4. The standard InChI is InChI=1S/C21H21BrN2O3/c1-25-21-14(12-26-19-8-4-2-6-17(19)23)10-16(22)11-15(21)13-27-20-9-5-3-7-18(20)24/h2-11H,12-13,23-24H2,1H3. The molecular weight excluding hydrogens is 408 g/mol. The first-order valence-corrected chi connectivity index (χ1v) is 9.17. The van der Waals surface area contributed by atoms with Gasteiger partial charge in [0.1, 0.15) is 30.5 Å². The third-order valence-corrected chi connectivity index (χ3v) is 4.47. The first kappa shape index (κ1) is 18.9. The molecule has 0 aliphatic rings. The average molecular weight is 429 g/mol. The molecule has 5 nitrogen and oxygen atoms in total. The van der Waals surface area contributed by atoms with Crippen molar-refractivity contribution in [3.63, 3.8) is 0 Å². The molecule has 0 saturated carbocycles. The summed E-state index contributed by atoms with van der Waals surface area (Å²) in [6.07, 6.45) is 0. The monoisotopic (exact) mass is 428 g/mol. The van der Waals surface area contributed by atoms with Crippen LogP contribution in [0.25, 0.3) is 0 Å². The molecule has 0 heterocycles. The van der Waals surface area contributed by atoms with E-state index in [1.54, 1.807) is 19.2 Å². The molecule has 0 aliphatic carbocycles. The Labute approximate surface area is 167 Å². The molecule has 6 heteroatoms. The van der Waals surface area contributed by atoms with Crippen LogP contribution >= 0.6 is 15.9 Å². The van der Waals surface area contributed by atoms with Gasteiger partial charge in [-0.1, -0.05) is 40.2 Å². The molecule has 3 rings (SSSR count). The molecule has 140 valence electrons. The summed E-state index contributed by atoms with van der Waals surface area (Å²) < 4.78 is 18.3. The molecule has 0 unspecified atom stereocenters. The first-order chi connectivity index (χ1) is 13.1. The number of methoxy groups -OCH3 is 1. The van der Waals surface area contributed by atoms with Gasteiger partial charge >= 0.3 is 0 Å². The molecule has 0 saturated heterocycles. The van der Waals surface area contributed by atoms with E-state index in [1.807, 2.05) is 48.5 Å². The Kier molecular flexibility index (Phi) is 6.08. The molecular formula is C21H21BrN2O3. The number of anilines is 2. The average Bonchev–Trinajstić information content (AvgIpc) is 2.66. The smallest absolute Gasteiger partial charge is 0.142 e. The highest BCUT2D eigenvalue weighted by atomic mass is 79.9. The Morgan fingerprint density at radius 1 is 0.778 bits per heavy atom. The molecule has 0 bridgehead atoms. The fourth-order valence-electron chi connectivity index (χ4n) is 2.72. The van der Waals surface area contributed by atoms with Crippen molar-refractivity contribution in [1.29, 1.82) is 0 Å². The molecule has 0 aliphatic heterocycles. The first-order valence-electron chi connectivity index (χ1n) is 8.38. The predicted molar refractivity (Wildman–Crippen MR) is 111 cm³/mol. The molecule has 0 fully saturated rings. The van der Waals surface area contributed by atoms with E-state index in [1.165, 1.54) is 0 Å². The highest BCUT2D eigenvalue weighted by Crippen LogP contribution is 2.32. The van der Waals surface area contributed by atoms with Crippen LogP contribution in [-0.2, 0) is 13.2 Å². The second-order valence-corrected chi connectivity index (χ2v) is 6.83. The minimum absolute atomic E-state index is 0.317. The lowest BCUT2D eigenvalue weighted by molar-refractivity contribution is 0.284. The number of benzene rings is 3. The maximum absolute atomic E-state index is 5.94. The highest BCUT2D eigenvalue weighted by Gasteiger charge is 2.14. The van der Waals surface area contributed by atoms with Gasteiger partial charge in [-0.25, -0.2) is 0 Å². The quantitative estimate of drug-likeness (QED) is 0.529. The summed E-state index contributed by atoms with van der Waals surface area (Å²) in [5.74, 6) is 1.98. The third-order valence-electron chi connectivity index (χ3n) is 4.02. The Balaban J connectivity index is 1.81. The van der Waals surface area contributed by atoms with Gasteiger partial charge in [-0.05, 0) is 36.4 Å². The van der Waals surface area contributed by atoms with Crippen molar-refractivity contribution in [1.82, 2.24) is 0 Å². The Morgan fingerprint density at radius 2 is 1.22 bits per heavy atom. The highest BCUT2D eigenvalue weighted by molar-refractivity contribution is 9.10. The van der Waals surface area contributed by atoms with E-state index >= 15 is 0 Å². The van der Waals surface area contributed by atoms with Crippen LogP contribution in [0.4, 0.5) is 11.4 Å². The van der Waals surface area contributed by atoms with Crippen LogP contribution in [-0.4, -0.2) is 7.11 Å². The summed E-state index contributed by atoms with van der Waals surface area (Å²) in [6.45, 7) is 0.634. The largest absolute Gasteiger partial charge is 0.496 e. The number of ether oxygens (including phenoxy) is 3. The van der Waals surface area contributed by atoms with E-state index in [2.05, 4.69) is 15.9 Å². The van der Waals surface area contributed by atoms with E-state index in [9.17, 15) is 0 Å². The van der Waals surface area contributed by atoms with Gasteiger partial charge in [0.15, 0.2) is 0 Å². The van der Waals surface area contributed by atoms with E-state index < -0.39 is 0 Å². The molecule has 0 aromatic heterocycles. The second-order valence-electron chi connectivity index (χ2n) is 5.91. The number of hydrogen-bond donors (Lipinski definition) is 2. The molecule has 4 N–H and O–H groups in total. The molecule has 0 spiro atoms. The van der Waals surface area contributed by atoms with E-state index in [4.69, 9.17) is 25.7 Å². The van der Waals surface area contributed by atoms with E-state index in [0.717, 1.165) is 15.6 Å². The van der Waals surface area contributed by atoms with Gasteiger partial charge in [-0.15, -0.1) is 0 Å². The fraction of sp³-hybridized carbons (Fsp3) is 0.143. The van der Waals surface area contributed by atoms with Crippen LogP contribution < -0.4 is 25.7 Å². The number of nitrogens with two attached hydrogens (primary N) is 2. The third kappa shape index (κ3) is 4.65. The summed E-state index contributed by atoms with van der Waals surface area (Å²) in [5.41, 5.74) is 14.8. The van der Waals surface area contributed by atoms with Crippen LogP contribution in [0, 0.1) is 0 Å². The minimum atomic E-state index is 0.317. The van der Waals surface area contributed by atoms with Gasteiger partial charge in [0, 0.05) is 15.6 Å². The molecule has 3 aromatic carbocycles. The predicted octanol–water partition coefficient (Wildman–Crippen LogP) is 4.78. The van der Waals surface area contributed by atoms with Crippen LogP contribution in [0.2, 0.25) is 0 Å². The zero-order valence-electron chi connectivity index (χ0n) is 14.9. The molecule has 27 heavy (non-hydrogen) atoms. The van der Waals surface area contributed by atoms with Gasteiger partial charge in [-0.2, -0.15) is 0 Å². The number of rotatable bonds is 7. The van der Waals surface area contributed by atoms with Gasteiger partial charge in [-0.3, -0.25) is 0 Å². The van der Waals surface area contributed by atoms with Crippen molar-refractivity contribution in [2.24, 2.45) is 0 Å². The van der Waals surface area contributed by atoms with Crippen molar-refractivity contribution < 1.29 is 14.2 Å². The van der Waals surface area contributed by atoms with Crippen molar-refractivity contribution in [2.45, 2.75) is 13.2 Å². The van der Waals surface area contributed by atoms with Gasteiger partial charge < -0.3 is 25.7 Å². The molecule has 0 atom stereocenters. The summed E-state index contributed by atoms with van der Waals surface area (Å²) in [6, 6.07) is 18.7. The topological polar surface area (TPSA) is 79.7 Å². The van der Waals surface area contributed by atoms with Crippen molar-refractivity contribution in [3.05, 3.63) is 76.3 Å². The van der Waals surface area contributed by atoms with E-state index in [0.29, 0.717) is 41.8 Å². The second kappa shape index (κ2) is 8.68. The maximum Gasteiger partial charge on any atom is 0.142 e. The lowest BCUT2D eigenvalue weighted by Crippen LogP contribution is -2.06. The van der Waals surface area contributed by atoms with Crippen molar-refractivity contribution in [3.8, 4) is 17.2 Å². The van der Waals surface area contributed by atoms with Crippen LogP contribution in [0.3, 0.4) is 0 Å². The molecule has 3 aromatic rings. The zero-order valence-corrected chi connectivity index (χ0v) is 16.5. The summed E-state index contributed by atoms with van der Waals surface area (Å²) in [7, 11) is 1.63. The fourth-order valence-corrected chi connectivity index (χ4v) is 3.28. The summed E-state index contributed by atoms with van der Waals surface area (Å²) in [4.78, 5) is 0. The maximum atomic E-state index is 5.94. The zero-order chi connectivity index (χ0) is 19.2. The SMILES string of the molecule is COc1c(COc2ccccc2N)cc(Br)cc1COc1ccccc1N. The van der Waals surface area contributed by atoms with Gasteiger partial charge in [0.2, 0.25) is 0 Å². The number of nitrogen functional groups attached to an aromatic ring is 2. The molecule has 0 radical (unpaired) electrons. The van der Waals surface area contributed by atoms with Crippen LogP contribution in [0.15, 0.2) is 65.1 Å². The van der Waals surface area contributed by atoms with Gasteiger partial charge in [0.25, 0.3) is 0 Å². The summed E-state index contributed by atoms with van der Waals surface area (Å²) >= 11 is 3.54. The van der Waals surface area contributed by atoms with Gasteiger partial charge in [0.05, 0.1) is 18.5 Å². The Bertz CT molecular complexity index is 860. The van der Waals surface area contributed by atoms with E-state index in [-0.39, 0.29) is 0 Å². The van der Waals surface area contributed by atoms with Crippen LogP contribution in [0.5, 0.6) is 17.2 Å². The van der Waals surface area contributed by atoms with Crippen molar-refractivity contribution >= 4 is 27.3 Å². The Morgan fingerprint density at radius 3 is 1.63 bits per heavy atom. The lowest BCUT2D eigenvalue weighted by atomic mass is 10.1. The lowest BCUT2D eigenvalue weighted by Gasteiger charge is -2.17. The number of hydrogen-bond acceptors (Lipinski definition) is 5. The number of halogens is 1. The van der Waals surface area contributed by atoms with Crippen LogP contribution in [0.1, 0.15) is 11.1 Å². The summed E-state index contributed by atoms with van der Waals surface area (Å²) in [5, 5.41) is 0.